The van der Waals surface area contributed by atoms with Gasteiger partial charge in [0.25, 0.3) is 0 Å². The van der Waals surface area contributed by atoms with E-state index in [1.54, 1.807) is 0 Å². The molecular formula is C12H15NO. The molecule has 3 rings (SSSR count). The van der Waals surface area contributed by atoms with E-state index >= 15 is 0 Å². The van der Waals surface area contributed by atoms with Gasteiger partial charge in [-0.25, -0.2) is 0 Å². The molecule has 74 valence electrons. The zero-order chi connectivity index (χ0) is 9.60. The molecule has 1 fully saturated rings. The monoisotopic (exact) mass is 189 g/mol. The first-order valence-corrected chi connectivity index (χ1v) is 5.25. The predicted molar refractivity (Wildman–Crippen MR) is 55.1 cm³/mol. The summed E-state index contributed by atoms with van der Waals surface area (Å²) in [5, 5.41) is 3.39. The van der Waals surface area contributed by atoms with Crippen molar-refractivity contribution in [3.05, 3.63) is 34.9 Å². The zero-order valence-electron chi connectivity index (χ0n) is 8.47. The second kappa shape index (κ2) is 2.81. The van der Waals surface area contributed by atoms with Gasteiger partial charge in [0.05, 0.1) is 6.61 Å². The van der Waals surface area contributed by atoms with Crippen LogP contribution in [0.25, 0.3) is 0 Å². The van der Waals surface area contributed by atoms with Crippen molar-refractivity contribution in [2.24, 2.45) is 0 Å². The van der Waals surface area contributed by atoms with Crippen LogP contribution in [0, 0.1) is 6.92 Å². The van der Waals surface area contributed by atoms with Crippen LogP contribution in [0.4, 0.5) is 0 Å². The molecule has 1 spiro atoms. The van der Waals surface area contributed by atoms with Crippen molar-refractivity contribution in [3.63, 3.8) is 0 Å². The summed E-state index contributed by atoms with van der Waals surface area (Å²) in [4.78, 5) is 0. The van der Waals surface area contributed by atoms with Crippen molar-refractivity contribution in [1.82, 2.24) is 5.32 Å². The molecular weight excluding hydrogens is 174 g/mol. The highest BCUT2D eigenvalue weighted by molar-refractivity contribution is 5.39. The second-order valence-electron chi connectivity index (χ2n) is 4.37. The van der Waals surface area contributed by atoms with Gasteiger partial charge in [-0.05, 0) is 31.0 Å². The van der Waals surface area contributed by atoms with Gasteiger partial charge in [0.1, 0.15) is 5.60 Å². The van der Waals surface area contributed by atoms with Crippen LogP contribution in [0.5, 0.6) is 0 Å². The minimum absolute atomic E-state index is 0.00301. The van der Waals surface area contributed by atoms with E-state index in [-0.39, 0.29) is 5.60 Å². The van der Waals surface area contributed by atoms with E-state index in [1.165, 1.54) is 16.7 Å². The Hall–Kier alpha value is -0.860. The first kappa shape index (κ1) is 8.45. The van der Waals surface area contributed by atoms with Crippen LogP contribution in [-0.4, -0.2) is 13.1 Å². The average molecular weight is 189 g/mol. The van der Waals surface area contributed by atoms with Gasteiger partial charge in [-0.3, -0.25) is 0 Å². The lowest BCUT2D eigenvalue weighted by Crippen LogP contribution is -2.27. The molecule has 14 heavy (non-hydrogen) atoms. The number of nitrogens with one attached hydrogen (secondary N) is 1. The standard InChI is InChI=1S/C12H15NO/c1-9-2-3-11-10(6-9)7-14-12(11)4-5-13-8-12/h2-3,6,13H,4-5,7-8H2,1H3. The van der Waals surface area contributed by atoms with Crippen molar-refractivity contribution in [3.8, 4) is 0 Å². The minimum atomic E-state index is 0.00301. The molecule has 1 aromatic rings. The maximum Gasteiger partial charge on any atom is 0.107 e. The maximum absolute atomic E-state index is 5.96. The van der Waals surface area contributed by atoms with Gasteiger partial charge in [0.15, 0.2) is 0 Å². The Bertz CT molecular complexity index is 367. The molecule has 1 unspecified atom stereocenters. The van der Waals surface area contributed by atoms with Crippen molar-refractivity contribution in [2.45, 2.75) is 25.6 Å². The molecule has 2 heteroatoms. The van der Waals surface area contributed by atoms with Crippen molar-refractivity contribution in [1.29, 1.82) is 0 Å². The molecule has 0 amide bonds. The summed E-state index contributed by atoms with van der Waals surface area (Å²) in [5.41, 5.74) is 4.13. The van der Waals surface area contributed by atoms with E-state index in [4.69, 9.17) is 4.74 Å². The summed E-state index contributed by atoms with van der Waals surface area (Å²) < 4.78 is 5.96. The zero-order valence-corrected chi connectivity index (χ0v) is 8.47. The highest BCUT2D eigenvalue weighted by atomic mass is 16.5. The first-order valence-electron chi connectivity index (χ1n) is 5.25. The number of ether oxygens (including phenoxy) is 1. The Kier molecular flexibility index (Phi) is 1.70. The lowest BCUT2D eigenvalue weighted by atomic mass is 9.91. The fourth-order valence-corrected chi connectivity index (χ4v) is 2.60. The smallest absolute Gasteiger partial charge is 0.107 e. The van der Waals surface area contributed by atoms with E-state index < -0.39 is 0 Å². The normalized spacial score (nSPS) is 29.8. The molecule has 0 aromatic heterocycles. The van der Waals surface area contributed by atoms with Gasteiger partial charge in [-0.15, -0.1) is 0 Å². The van der Waals surface area contributed by atoms with E-state index in [0.29, 0.717) is 0 Å². The number of hydrogen-bond donors (Lipinski definition) is 1. The fourth-order valence-electron chi connectivity index (χ4n) is 2.60. The van der Waals surface area contributed by atoms with Crippen LogP contribution in [0.3, 0.4) is 0 Å². The average Bonchev–Trinajstić information content (AvgIpc) is 2.77. The Labute approximate surface area is 84.3 Å². The second-order valence-corrected chi connectivity index (χ2v) is 4.37. The van der Waals surface area contributed by atoms with Crippen molar-refractivity contribution in [2.75, 3.05) is 13.1 Å². The lowest BCUT2D eigenvalue weighted by Gasteiger charge is -2.22. The van der Waals surface area contributed by atoms with Crippen LogP contribution >= 0.6 is 0 Å². The summed E-state index contributed by atoms with van der Waals surface area (Å²) in [5.74, 6) is 0. The molecule has 0 aliphatic carbocycles. The van der Waals surface area contributed by atoms with Crippen LogP contribution in [-0.2, 0) is 16.9 Å². The van der Waals surface area contributed by atoms with Crippen LogP contribution < -0.4 is 5.32 Å². The van der Waals surface area contributed by atoms with Crippen LogP contribution in [0.2, 0.25) is 0 Å². The molecule has 1 aromatic carbocycles. The first-order chi connectivity index (χ1) is 6.80. The maximum atomic E-state index is 5.96. The molecule has 1 saturated heterocycles. The van der Waals surface area contributed by atoms with Gasteiger partial charge in [-0.2, -0.15) is 0 Å². The van der Waals surface area contributed by atoms with E-state index in [1.807, 2.05) is 0 Å². The number of hydrogen-bond acceptors (Lipinski definition) is 2. The summed E-state index contributed by atoms with van der Waals surface area (Å²) >= 11 is 0. The molecule has 0 saturated carbocycles. The van der Waals surface area contributed by atoms with Gasteiger partial charge >= 0.3 is 0 Å². The number of rotatable bonds is 0. The predicted octanol–water partition coefficient (Wildman–Crippen LogP) is 1.71. The molecule has 2 aliphatic rings. The van der Waals surface area contributed by atoms with Crippen LogP contribution in [0.1, 0.15) is 23.1 Å². The van der Waals surface area contributed by atoms with E-state index in [9.17, 15) is 0 Å². The van der Waals surface area contributed by atoms with Crippen LogP contribution in [0.15, 0.2) is 18.2 Å². The highest BCUT2D eigenvalue weighted by Crippen LogP contribution is 2.40. The Balaban J connectivity index is 2.09. The third kappa shape index (κ3) is 1.04. The molecule has 2 heterocycles. The summed E-state index contributed by atoms with van der Waals surface area (Å²) in [6.45, 7) is 4.98. The van der Waals surface area contributed by atoms with Gasteiger partial charge < -0.3 is 10.1 Å². The topological polar surface area (TPSA) is 21.3 Å². The number of benzene rings is 1. The fraction of sp³-hybridized carbons (Fsp3) is 0.500. The molecule has 2 aliphatic heterocycles. The number of aryl methyl sites for hydroxylation is 1. The third-order valence-electron chi connectivity index (χ3n) is 3.37. The molecule has 0 radical (unpaired) electrons. The summed E-state index contributed by atoms with van der Waals surface area (Å²) in [6.07, 6.45) is 1.11. The van der Waals surface area contributed by atoms with Gasteiger partial charge in [0.2, 0.25) is 0 Å². The SMILES string of the molecule is Cc1ccc2c(c1)COC21CCNC1. The lowest BCUT2D eigenvalue weighted by molar-refractivity contribution is -0.0218. The third-order valence-corrected chi connectivity index (χ3v) is 3.37. The minimum Gasteiger partial charge on any atom is -0.364 e. The number of fused-ring (bicyclic) bond motifs is 2. The van der Waals surface area contributed by atoms with Crippen molar-refractivity contribution < 1.29 is 4.74 Å². The van der Waals surface area contributed by atoms with E-state index in [0.717, 1.165) is 26.1 Å². The Morgan fingerprint density at radius 1 is 1.43 bits per heavy atom. The van der Waals surface area contributed by atoms with Gasteiger partial charge in [-0.1, -0.05) is 23.8 Å². The summed E-state index contributed by atoms with van der Waals surface area (Å²) in [7, 11) is 0. The molecule has 1 N–H and O–H groups in total. The summed E-state index contributed by atoms with van der Waals surface area (Å²) in [6, 6.07) is 6.68. The largest absolute Gasteiger partial charge is 0.364 e. The Morgan fingerprint density at radius 3 is 3.14 bits per heavy atom. The Morgan fingerprint density at radius 2 is 2.36 bits per heavy atom. The molecule has 0 bridgehead atoms. The van der Waals surface area contributed by atoms with Gasteiger partial charge in [0, 0.05) is 6.54 Å². The molecule has 1 atom stereocenters. The highest BCUT2D eigenvalue weighted by Gasteiger charge is 2.42. The quantitative estimate of drug-likeness (QED) is 0.671. The molecule has 2 nitrogen and oxygen atoms in total. The van der Waals surface area contributed by atoms with E-state index in [2.05, 4.69) is 30.4 Å². The van der Waals surface area contributed by atoms with Crippen molar-refractivity contribution >= 4 is 0 Å².